The maximum Gasteiger partial charge on any atom is 0.0681 e. The first-order valence-electron chi connectivity index (χ1n) is 7.63. The van der Waals surface area contributed by atoms with Crippen LogP contribution in [0.15, 0.2) is 47.6 Å². The second-order valence-electron chi connectivity index (χ2n) is 6.24. The minimum atomic E-state index is 0.127. The Morgan fingerprint density at radius 2 is 1.75 bits per heavy atom. The number of hydrogen-bond donors (Lipinski definition) is 1. The van der Waals surface area contributed by atoms with Gasteiger partial charge in [-0.25, -0.2) is 0 Å². The SMILES string of the molecule is CC1=CC(C)CC(Cc2ccc(CO)cc2)=CCC1C. The van der Waals surface area contributed by atoms with Crippen molar-refractivity contribution in [3.05, 3.63) is 58.7 Å². The van der Waals surface area contributed by atoms with Crippen LogP contribution in [0.25, 0.3) is 0 Å². The Balaban J connectivity index is 2.07. The molecule has 0 amide bonds. The normalized spacial score (nSPS) is 23.6. The van der Waals surface area contributed by atoms with E-state index in [2.05, 4.69) is 45.1 Å². The van der Waals surface area contributed by atoms with Gasteiger partial charge in [-0.05, 0) is 49.1 Å². The zero-order valence-electron chi connectivity index (χ0n) is 12.9. The highest BCUT2D eigenvalue weighted by Gasteiger charge is 2.12. The first kappa shape index (κ1) is 15.1. The molecule has 2 atom stereocenters. The van der Waals surface area contributed by atoms with Crippen molar-refractivity contribution in [3.8, 4) is 0 Å². The smallest absolute Gasteiger partial charge is 0.0681 e. The highest BCUT2D eigenvalue weighted by atomic mass is 16.3. The molecule has 2 rings (SSSR count). The quantitative estimate of drug-likeness (QED) is 0.792. The van der Waals surface area contributed by atoms with Crippen LogP contribution < -0.4 is 0 Å². The summed E-state index contributed by atoms with van der Waals surface area (Å²) in [4.78, 5) is 0. The third kappa shape index (κ3) is 4.08. The van der Waals surface area contributed by atoms with Crippen LogP contribution in [0.1, 0.15) is 44.7 Å². The average molecular weight is 270 g/mol. The molecular weight excluding hydrogens is 244 g/mol. The zero-order valence-corrected chi connectivity index (χ0v) is 12.9. The van der Waals surface area contributed by atoms with Gasteiger partial charge in [-0.15, -0.1) is 0 Å². The summed E-state index contributed by atoms with van der Waals surface area (Å²) in [5.74, 6) is 1.28. The number of hydrogen-bond acceptors (Lipinski definition) is 1. The Labute approximate surface area is 123 Å². The number of rotatable bonds is 3. The largest absolute Gasteiger partial charge is 0.392 e. The highest BCUT2D eigenvalue weighted by Crippen LogP contribution is 2.27. The van der Waals surface area contributed by atoms with Crippen LogP contribution in [0.5, 0.6) is 0 Å². The molecule has 20 heavy (non-hydrogen) atoms. The third-order valence-corrected chi connectivity index (χ3v) is 4.31. The van der Waals surface area contributed by atoms with Crippen molar-refractivity contribution in [2.45, 2.75) is 46.6 Å². The summed E-state index contributed by atoms with van der Waals surface area (Å²) in [6.45, 7) is 7.01. The lowest BCUT2D eigenvalue weighted by Gasteiger charge is -2.20. The number of aliphatic hydroxyl groups excluding tert-OH is 1. The molecule has 0 fully saturated rings. The number of allylic oxidation sites excluding steroid dienone is 4. The fourth-order valence-electron chi connectivity index (χ4n) is 2.87. The minimum absolute atomic E-state index is 0.127. The summed E-state index contributed by atoms with van der Waals surface area (Å²) < 4.78 is 0. The summed E-state index contributed by atoms with van der Waals surface area (Å²) in [5.41, 5.74) is 5.40. The van der Waals surface area contributed by atoms with Gasteiger partial charge in [-0.2, -0.15) is 0 Å². The van der Waals surface area contributed by atoms with Crippen LogP contribution in [-0.4, -0.2) is 5.11 Å². The van der Waals surface area contributed by atoms with Gasteiger partial charge in [0.15, 0.2) is 0 Å². The summed E-state index contributed by atoms with van der Waals surface area (Å²) in [5, 5.41) is 9.09. The predicted octanol–water partition coefficient (Wildman–Crippen LogP) is 4.66. The van der Waals surface area contributed by atoms with Crippen molar-refractivity contribution in [1.29, 1.82) is 0 Å². The van der Waals surface area contributed by atoms with E-state index in [4.69, 9.17) is 5.11 Å². The molecular formula is C19H26O. The van der Waals surface area contributed by atoms with Gasteiger partial charge in [0.2, 0.25) is 0 Å². The van der Waals surface area contributed by atoms with E-state index in [1.54, 1.807) is 5.57 Å². The maximum atomic E-state index is 9.09. The van der Waals surface area contributed by atoms with Gasteiger partial charge in [0, 0.05) is 0 Å². The summed E-state index contributed by atoms with van der Waals surface area (Å²) in [6, 6.07) is 8.32. The lowest BCUT2D eigenvalue weighted by atomic mass is 9.86. The van der Waals surface area contributed by atoms with Gasteiger partial charge in [0.25, 0.3) is 0 Å². The summed E-state index contributed by atoms with van der Waals surface area (Å²) in [7, 11) is 0. The van der Waals surface area contributed by atoms with Crippen molar-refractivity contribution in [2.24, 2.45) is 11.8 Å². The molecule has 1 nitrogen and oxygen atoms in total. The van der Waals surface area contributed by atoms with E-state index in [1.165, 1.54) is 11.1 Å². The van der Waals surface area contributed by atoms with Crippen LogP contribution in [0.3, 0.4) is 0 Å². The van der Waals surface area contributed by atoms with Gasteiger partial charge in [-0.3, -0.25) is 0 Å². The van der Waals surface area contributed by atoms with Crippen molar-refractivity contribution < 1.29 is 5.11 Å². The van der Waals surface area contributed by atoms with E-state index in [-0.39, 0.29) is 6.61 Å². The Morgan fingerprint density at radius 3 is 2.40 bits per heavy atom. The lowest BCUT2D eigenvalue weighted by Crippen LogP contribution is -2.05. The summed E-state index contributed by atoms with van der Waals surface area (Å²) >= 11 is 0. The van der Waals surface area contributed by atoms with Crippen molar-refractivity contribution >= 4 is 0 Å². The van der Waals surface area contributed by atoms with Gasteiger partial charge < -0.3 is 5.11 Å². The van der Waals surface area contributed by atoms with Crippen LogP contribution >= 0.6 is 0 Å². The Morgan fingerprint density at radius 1 is 1.10 bits per heavy atom. The molecule has 0 bridgehead atoms. The Hall–Kier alpha value is -1.34. The van der Waals surface area contributed by atoms with Crippen molar-refractivity contribution in [1.82, 2.24) is 0 Å². The number of benzene rings is 1. The van der Waals surface area contributed by atoms with Gasteiger partial charge in [0.1, 0.15) is 0 Å². The fraction of sp³-hybridized carbons (Fsp3) is 0.474. The van der Waals surface area contributed by atoms with Crippen molar-refractivity contribution in [3.63, 3.8) is 0 Å². The fourth-order valence-corrected chi connectivity index (χ4v) is 2.87. The van der Waals surface area contributed by atoms with Crippen molar-refractivity contribution in [2.75, 3.05) is 0 Å². The molecule has 108 valence electrons. The van der Waals surface area contributed by atoms with Crippen LogP contribution in [0, 0.1) is 11.8 Å². The van der Waals surface area contributed by atoms with Crippen LogP contribution in [0.4, 0.5) is 0 Å². The molecule has 1 N–H and O–H groups in total. The van der Waals surface area contributed by atoms with Crippen LogP contribution in [0.2, 0.25) is 0 Å². The van der Waals surface area contributed by atoms with Gasteiger partial charge >= 0.3 is 0 Å². The van der Waals surface area contributed by atoms with Crippen LogP contribution in [-0.2, 0) is 13.0 Å². The molecule has 0 saturated carbocycles. The molecule has 1 aliphatic carbocycles. The molecule has 1 heteroatoms. The van der Waals surface area contributed by atoms with E-state index in [0.717, 1.165) is 24.8 Å². The first-order valence-corrected chi connectivity index (χ1v) is 7.63. The molecule has 0 heterocycles. The molecule has 2 unspecified atom stereocenters. The standard InChI is InChI=1S/C19H26O/c1-14-10-16(3)15(2)4-5-19(11-14)12-17-6-8-18(13-20)9-7-17/h5-10,14-15,20H,4,11-13H2,1-3H3. The molecule has 1 aliphatic rings. The maximum absolute atomic E-state index is 9.09. The molecule has 0 radical (unpaired) electrons. The molecule has 1 aromatic carbocycles. The Kier molecular flexibility index (Phi) is 5.19. The third-order valence-electron chi connectivity index (χ3n) is 4.31. The van der Waals surface area contributed by atoms with E-state index in [0.29, 0.717) is 11.8 Å². The van der Waals surface area contributed by atoms with E-state index in [9.17, 15) is 0 Å². The highest BCUT2D eigenvalue weighted by molar-refractivity contribution is 5.27. The second kappa shape index (κ2) is 6.90. The number of aliphatic hydroxyl groups is 1. The average Bonchev–Trinajstić information content (AvgIpc) is 2.44. The monoisotopic (exact) mass is 270 g/mol. The van der Waals surface area contributed by atoms with Gasteiger partial charge in [-0.1, -0.05) is 61.4 Å². The molecule has 0 aliphatic heterocycles. The molecule has 0 saturated heterocycles. The summed E-state index contributed by atoms with van der Waals surface area (Å²) in [6.07, 6.45) is 8.23. The first-order chi connectivity index (χ1) is 9.58. The van der Waals surface area contributed by atoms with Gasteiger partial charge in [0.05, 0.1) is 6.61 Å². The minimum Gasteiger partial charge on any atom is -0.392 e. The molecule has 0 aromatic heterocycles. The van der Waals surface area contributed by atoms with E-state index >= 15 is 0 Å². The predicted molar refractivity (Wildman–Crippen MR) is 85.5 cm³/mol. The van der Waals surface area contributed by atoms with E-state index < -0.39 is 0 Å². The molecule has 0 spiro atoms. The lowest BCUT2D eigenvalue weighted by molar-refractivity contribution is 0.282. The zero-order chi connectivity index (χ0) is 14.5. The topological polar surface area (TPSA) is 20.2 Å². The van der Waals surface area contributed by atoms with E-state index in [1.807, 2.05) is 12.1 Å². The molecule has 1 aromatic rings. The Bertz CT molecular complexity index is 493. The second-order valence-corrected chi connectivity index (χ2v) is 6.24.